The Kier molecular flexibility index (Phi) is 6.53. The zero-order valence-corrected chi connectivity index (χ0v) is 15.5. The van der Waals surface area contributed by atoms with E-state index in [0.29, 0.717) is 0 Å². The largest absolute Gasteiger partial charge is 0.507 e. The van der Waals surface area contributed by atoms with Crippen LogP contribution in [-0.4, -0.2) is 74.8 Å². The molecule has 1 aliphatic heterocycles. The number of phenols is 1. The number of aromatic carboxylic acids is 1. The van der Waals surface area contributed by atoms with Gasteiger partial charge in [0.15, 0.2) is 0 Å². The number of carboxylic acids is 1. The average molecular weight is 420 g/mol. The van der Waals surface area contributed by atoms with E-state index in [1.807, 2.05) is 0 Å². The molecule has 0 radical (unpaired) electrons. The molecule has 10 heteroatoms. The highest BCUT2D eigenvalue weighted by Crippen LogP contribution is 2.28. The summed E-state index contributed by atoms with van der Waals surface area (Å²) in [5, 5.41) is 49.0. The SMILES string of the molecule is O=C(OC[C@H]1O[C@@H](Oc2ccc(O)c(C(=O)O)c2)[C@H](O)[C@@H](O)[C@@H]1O)c1ccccc1. The molecule has 2 aromatic carbocycles. The second-order valence-corrected chi connectivity index (χ2v) is 6.58. The standard InChI is InChI=1S/C20H20O10/c21-13-7-6-11(8-12(13)18(25)26)29-20-17(24)16(23)15(22)14(30-20)9-28-19(27)10-4-2-1-3-5-10/h1-8,14-17,20-24H,9H2,(H,25,26)/t14-,15-,16+,17-,20-/m1/s1. The zero-order valence-electron chi connectivity index (χ0n) is 15.5. The van der Waals surface area contributed by atoms with Crippen molar-refractivity contribution in [2.45, 2.75) is 30.7 Å². The zero-order chi connectivity index (χ0) is 21.8. The number of carbonyl (C=O) groups excluding carboxylic acids is 1. The first-order chi connectivity index (χ1) is 14.3. The molecule has 0 bridgehead atoms. The lowest BCUT2D eigenvalue weighted by molar-refractivity contribution is -0.277. The van der Waals surface area contributed by atoms with Crippen LogP contribution >= 0.6 is 0 Å². The molecule has 0 unspecified atom stereocenters. The van der Waals surface area contributed by atoms with E-state index in [1.54, 1.807) is 18.2 Å². The normalized spacial score (nSPS) is 26.0. The predicted molar refractivity (Wildman–Crippen MR) is 99.1 cm³/mol. The van der Waals surface area contributed by atoms with Gasteiger partial charge >= 0.3 is 11.9 Å². The molecule has 5 atom stereocenters. The molecule has 0 saturated carbocycles. The van der Waals surface area contributed by atoms with E-state index >= 15 is 0 Å². The van der Waals surface area contributed by atoms with Crippen LogP contribution in [0, 0.1) is 0 Å². The van der Waals surface area contributed by atoms with Crippen molar-refractivity contribution in [3.05, 3.63) is 59.7 Å². The van der Waals surface area contributed by atoms with Gasteiger partial charge in [-0.2, -0.15) is 0 Å². The van der Waals surface area contributed by atoms with E-state index < -0.39 is 60.6 Å². The fourth-order valence-electron chi connectivity index (χ4n) is 2.86. The highest BCUT2D eigenvalue weighted by Gasteiger charge is 2.45. The Hall–Kier alpha value is -3.18. The summed E-state index contributed by atoms with van der Waals surface area (Å²) in [7, 11) is 0. The first-order valence-corrected chi connectivity index (χ1v) is 8.92. The number of aromatic hydroxyl groups is 1. The smallest absolute Gasteiger partial charge is 0.339 e. The van der Waals surface area contributed by atoms with Gasteiger partial charge in [0.1, 0.15) is 48.1 Å². The quantitative estimate of drug-likeness (QED) is 0.406. The van der Waals surface area contributed by atoms with Crippen molar-refractivity contribution >= 4 is 11.9 Å². The molecule has 1 fully saturated rings. The van der Waals surface area contributed by atoms with Crippen molar-refractivity contribution in [1.82, 2.24) is 0 Å². The average Bonchev–Trinajstić information content (AvgIpc) is 2.74. The monoisotopic (exact) mass is 420 g/mol. The maximum atomic E-state index is 12.1. The summed E-state index contributed by atoms with van der Waals surface area (Å²) >= 11 is 0. The minimum atomic E-state index is -1.68. The highest BCUT2D eigenvalue weighted by atomic mass is 16.7. The molecular weight excluding hydrogens is 400 g/mol. The number of ether oxygens (including phenoxy) is 3. The third-order valence-electron chi connectivity index (χ3n) is 4.51. The molecule has 1 heterocycles. The van der Waals surface area contributed by atoms with Gasteiger partial charge < -0.3 is 39.7 Å². The van der Waals surface area contributed by atoms with Crippen molar-refractivity contribution in [2.75, 3.05) is 6.61 Å². The summed E-state index contributed by atoms with van der Waals surface area (Å²) in [5.74, 6) is -2.63. The number of carbonyl (C=O) groups is 2. The minimum absolute atomic E-state index is 0.0714. The minimum Gasteiger partial charge on any atom is -0.507 e. The summed E-state index contributed by atoms with van der Waals surface area (Å²) in [6, 6.07) is 11.4. The molecule has 3 rings (SSSR count). The van der Waals surface area contributed by atoms with Gasteiger partial charge in [-0.3, -0.25) is 0 Å². The van der Waals surface area contributed by atoms with Crippen LogP contribution in [0.3, 0.4) is 0 Å². The maximum absolute atomic E-state index is 12.1. The van der Waals surface area contributed by atoms with Gasteiger partial charge in [0.25, 0.3) is 0 Å². The van der Waals surface area contributed by atoms with Crippen molar-refractivity contribution in [3.8, 4) is 11.5 Å². The Bertz CT molecular complexity index is 900. The predicted octanol–water partition coefficient (Wildman–Crippen LogP) is 0.134. The lowest BCUT2D eigenvalue weighted by Crippen LogP contribution is -2.60. The molecule has 5 N–H and O–H groups in total. The number of hydrogen-bond acceptors (Lipinski definition) is 9. The van der Waals surface area contributed by atoms with Crippen LogP contribution in [0.4, 0.5) is 0 Å². The number of rotatable bonds is 6. The van der Waals surface area contributed by atoms with Crippen molar-refractivity contribution in [3.63, 3.8) is 0 Å². The summed E-state index contributed by atoms with van der Waals surface area (Å²) in [4.78, 5) is 23.2. The van der Waals surface area contributed by atoms with Crippen LogP contribution < -0.4 is 4.74 Å². The Morgan fingerprint density at radius 1 is 0.967 bits per heavy atom. The van der Waals surface area contributed by atoms with E-state index in [9.17, 15) is 30.0 Å². The van der Waals surface area contributed by atoms with E-state index in [0.717, 1.165) is 12.1 Å². The van der Waals surface area contributed by atoms with Gasteiger partial charge in [-0.15, -0.1) is 0 Å². The Morgan fingerprint density at radius 3 is 2.33 bits per heavy atom. The molecule has 1 saturated heterocycles. The fraction of sp³-hybridized carbons (Fsp3) is 0.300. The second-order valence-electron chi connectivity index (χ2n) is 6.58. The number of aliphatic hydroxyl groups is 3. The third-order valence-corrected chi connectivity index (χ3v) is 4.51. The summed E-state index contributed by atoms with van der Waals surface area (Å²) in [5.41, 5.74) is -0.159. The molecule has 0 amide bonds. The Morgan fingerprint density at radius 2 is 1.67 bits per heavy atom. The highest BCUT2D eigenvalue weighted by molar-refractivity contribution is 5.91. The lowest BCUT2D eigenvalue weighted by Gasteiger charge is -2.39. The summed E-state index contributed by atoms with van der Waals surface area (Å²) in [6.07, 6.45) is -7.66. The van der Waals surface area contributed by atoms with Gasteiger partial charge in [0, 0.05) is 0 Å². The van der Waals surface area contributed by atoms with Gasteiger partial charge in [-0.25, -0.2) is 9.59 Å². The second kappa shape index (κ2) is 9.09. The van der Waals surface area contributed by atoms with Crippen molar-refractivity contribution in [1.29, 1.82) is 0 Å². The molecule has 160 valence electrons. The summed E-state index contributed by atoms with van der Waals surface area (Å²) in [6.45, 7) is -0.436. The first-order valence-electron chi connectivity index (χ1n) is 8.92. The van der Waals surface area contributed by atoms with Crippen LogP contribution in [-0.2, 0) is 9.47 Å². The molecule has 2 aromatic rings. The third kappa shape index (κ3) is 4.69. The van der Waals surface area contributed by atoms with Crippen LogP contribution in [0.15, 0.2) is 48.5 Å². The molecule has 0 spiro atoms. The van der Waals surface area contributed by atoms with E-state index in [4.69, 9.17) is 19.3 Å². The van der Waals surface area contributed by atoms with Gasteiger partial charge in [0.2, 0.25) is 6.29 Å². The van der Waals surface area contributed by atoms with Crippen LogP contribution in [0.1, 0.15) is 20.7 Å². The van der Waals surface area contributed by atoms with E-state index in [1.165, 1.54) is 18.2 Å². The molecule has 1 aliphatic rings. The van der Waals surface area contributed by atoms with Gasteiger partial charge in [0.05, 0.1) is 5.56 Å². The maximum Gasteiger partial charge on any atom is 0.339 e. The fourth-order valence-corrected chi connectivity index (χ4v) is 2.86. The number of benzene rings is 2. The van der Waals surface area contributed by atoms with Crippen LogP contribution in [0.5, 0.6) is 11.5 Å². The molecule has 0 aromatic heterocycles. The van der Waals surface area contributed by atoms with Crippen molar-refractivity contribution < 1.29 is 49.3 Å². The van der Waals surface area contributed by atoms with E-state index in [-0.39, 0.29) is 11.3 Å². The first kappa shape index (κ1) is 21.5. The van der Waals surface area contributed by atoms with Crippen LogP contribution in [0.2, 0.25) is 0 Å². The van der Waals surface area contributed by atoms with Crippen LogP contribution in [0.25, 0.3) is 0 Å². The number of hydrogen-bond donors (Lipinski definition) is 5. The Balaban J connectivity index is 1.69. The molecule has 0 aliphatic carbocycles. The Labute approximate surface area is 170 Å². The summed E-state index contributed by atoms with van der Waals surface area (Å²) < 4.78 is 15.9. The van der Waals surface area contributed by atoms with Gasteiger partial charge in [-0.1, -0.05) is 18.2 Å². The number of carboxylic acid groups (broad SMARTS) is 1. The topological polar surface area (TPSA) is 163 Å². The van der Waals surface area contributed by atoms with E-state index in [2.05, 4.69) is 0 Å². The van der Waals surface area contributed by atoms with Gasteiger partial charge in [-0.05, 0) is 30.3 Å². The number of aliphatic hydroxyl groups excluding tert-OH is 3. The lowest BCUT2D eigenvalue weighted by atomic mass is 9.99. The molecule has 10 nitrogen and oxygen atoms in total. The van der Waals surface area contributed by atoms with Crippen molar-refractivity contribution in [2.24, 2.45) is 0 Å². The molecular formula is C20H20O10. The molecule has 30 heavy (non-hydrogen) atoms. The number of esters is 1.